The highest BCUT2D eigenvalue weighted by Crippen LogP contribution is 2.29. The number of piperazine rings is 1. The Morgan fingerprint density at radius 2 is 1.88 bits per heavy atom. The summed E-state index contributed by atoms with van der Waals surface area (Å²) in [6.45, 7) is 6.37. The van der Waals surface area contributed by atoms with Gasteiger partial charge in [-0.25, -0.2) is 8.42 Å². The Morgan fingerprint density at radius 3 is 2.44 bits per heavy atom. The number of amides is 1. The molecule has 25 heavy (non-hydrogen) atoms. The van der Waals surface area contributed by atoms with Crippen LogP contribution in [-0.4, -0.2) is 64.1 Å². The maximum atomic E-state index is 13.0. The molecular weight excluding hydrogens is 342 g/mol. The second-order valence-electron chi connectivity index (χ2n) is 6.78. The van der Waals surface area contributed by atoms with E-state index in [9.17, 15) is 13.2 Å². The molecule has 1 saturated heterocycles. The average Bonchev–Trinajstić information content (AvgIpc) is 3.07. The number of carbonyl (C=O) groups excluding carboxylic acids is 1. The third-order valence-electron chi connectivity index (χ3n) is 4.36. The fourth-order valence-corrected chi connectivity index (χ4v) is 4.83. The van der Waals surface area contributed by atoms with E-state index in [-0.39, 0.29) is 29.6 Å². The molecule has 0 saturated carbocycles. The Labute approximate surface area is 146 Å². The summed E-state index contributed by atoms with van der Waals surface area (Å²) in [6.07, 6.45) is 1.37. The molecule has 1 aromatic heterocycles. The minimum Gasteiger partial charge on any atom is -0.334 e. The number of aryl methyl sites for hydroxylation is 1. The van der Waals surface area contributed by atoms with Gasteiger partial charge < -0.3 is 4.90 Å². The lowest BCUT2D eigenvalue weighted by atomic mass is 10.0. The number of benzene rings is 1. The van der Waals surface area contributed by atoms with Gasteiger partial charge in [-0.15, -0.1) is 0 Å². The highest BCUT2D eigenvalue weighted by atomic mass is 32.2. The summed E-state index contributed by atoms with van der Waals surface area (Å²) in [6, 6.07) is 6.80. The number of hydrogen-bond donors (Lipinski definition) is 1. The van der Waals surface area contributed by atoms with Gasteiger partial charge in [0.2, 0.25) is 10.0 Å². The lowest BCUT2D eigenvalue weighted by molar-refractivity contribution is 0.0489. The van der Waals surface area contributed by atoms with Crippen LogP contribution in [0.2, 0.25) is 0 Å². The summed E-state index contributed by atoms with van der Waals surface area (Å²) in [5.74, 6) is -0.255. The first-order valence-corrected chi connectivity index (χ1v) is 9.40. The van der Waals surface area contributed by atoms with Crippen molar-refractivity contribution in [2.45, 2.75) is 31.2 Å². The van der Waals surface area contributed by atoms with Crippen LogP contribution in [0.3, 0.4) is 0 Å². The highest BCUT2D eigenvalue weighted by Gasteiger charge is 2.43. The van der Waals surface area contributed by atoms with Crippen LogP contribution < -0.4 is 0 Å². The molecule has 1 aromatic carbocycles. The van der Waals surface area contributed by atoms with Gasteiger partial charge in [0.25, 0.3) is 5.91 Å². The van der Waals surface area contributed by atoms with E-state index < -0.39 is 15.6 Å². The Kier molecular flexibility index (Phi) is 4.38. The van der Waals surface area contributed by atoms with Crippen molar-refractivity contribution in [2.24, 2.45) is 0 Å². The van der Waals surface area contributed by atoms with Gasteiger partial charge in [0, 0.05) is 25.2 Å². The second kappa shape index (κ2) is 6.23. The van der Waals surface area contributed by atoms with Crippen LogP contribution in [-0.2, 0) is 10.0 Å². The Morgan fingerprint density at radius 1 is 1.20 bits per heavy atom. The molecule has 8 nitrogen and oxygen atoms in total. The normalized spacial score (nSPS) is 18.3. The van der Waals surface area contributed by atoms with E-state index >= 15 is 0 Å². The first-order valence-electron chi connectivity index (χ1n) is 7.96. The molecule has 134 valence electrons. The molecule has 1 aliphatic heterocycles. The van der Waals surface area contributed by atoms with Crippen molar-refractivity contribution >= 4 is 15.9 Å². The fourth-order valence-electron chi connectivity index (χ4n) is 3.06. The van der Waals surface area contributed by atoms with Crippen LogP contribution in [0.1, 0.15) is 29.9 Å². The van der Waals surface area contributed by atoms with E-state index in [0.717, 1.165) is 5.56 Å². The summed E-state index contributed by atoms with van der Waals surface area (Å²) < 4.78 is 27.5. The third-order valence-corrected chi connectivity index (χ3v) is 6.48. The number of sulfonamides is 1. The summed E-state index contributed by atoms with van der Waals surface area (Å²) in [4.78, 5) is 14.3. The number of carbonyl (C=O) groups is 1. The molecule has 0 bridgehead atoms. The molecule has 1 aliphatic rings. The van der Waals surface area contributed by atoms with Crippen LogP contribution >= 0.6 is 0 Å². The summed E-state index contributed by atoms with van der Waals surface area (Å²) in [7, 11) is -3.63. The van der Waals surface area contributed by atoms with Gasteiger partial charge in [-0.2, -0.15) is 19.7 Å². The van der Waals surface area contributed by atoms with Gasteiger partial charge in [0.1, 0.15) is 0 Å². The van der Waals surface area contributed by atoms with E-state index in [0.29, 0.717) is 6.54 Å². The smallest absolute Gasteiger partial charge is 0.276 e. The van der Waals surface area contributed by atoms with E-state index in [4.69, 9.17) is 0 Å². The van der Waals surface area contributed by atoms with Crippen molar-refractivity contribution in [3.8, 4) is 0 Å². The summed E-state index contributed by atoms with van der Waals surface area (Å²) in [5, 5.41) is 9.86. The van der Waals surface area contributed by atoms with Crippen LogP contribution in [0.4, 0.5) is 0 Å². The molecule has 3 rings (SSSR count). The fraction of sp³-hybridized carbons (Fsp3) is 0.438. The zero-order chi connectivity index (χ0) is 18.2. The lowest BCUT2D eigenvalue weighted by Gasteiger charge is -2.45. The number of rotatable bonds is 3. The van der Waals surface area contributed by atoms with E-state index in [2.05, 4.69) is 15.4 Å². The van der Waals surface area contributed by atoms with Crippen molar-refractivity contribution in [2.75, 3.05) is 19.6 Å². The lowest BCUT2D eigenvalue weighted by Crippen LogP contribution is -2.61. The van der Waals surface area contributed by atoms with Gasteiger partial charge in [-0.1, -0.05) is 17.7 Å². The zero-order valence-corrected chi connectivity index (χ0v) is 15.2. The van der Waals surface area contributed by atoms with Gasteiger partial charge in [-0.05, 0) is 32.9 Å². The molecule has 1 fully saturated rings. The molecular formula is C16H21N5O3S. The first kappa shape index (κ1) is 17.6. The summed E-state index contributed by atoms with van der Waals surface area (Å²) >= 11 is 0. The number of H-pyrrole nitrogens is 1. The molecule has 0 atom stereocenters. The predicted octanol–water partition coefficient (Wildman–Crippen LogP) is 1.04. The van der Waals surface area contributed by atoms with E-state index in [1.807, 2.05) is 20.8 Å². The van der Waals surface area contributed by atoms with Crippen molar-refractivity contribution in [3.05, 3.63) is 41.7 Å². The van der Waals surface area contributed by atoms with Gasteiger partial charge in [-0.3, -0.25) is 4.79 Å². The van der Waals surface area contributed by atoms with Crippen LogP contribution in [0, 0.1) is 6.92 Å². The number of aromatic nitrogens is 3. The van der Waals surface area contributed by atoms with E-state index in [1.165, 1.54) is 10.5 Å². The average molecular weight is 363 g/mol. The SMILES string of the molecule is Cc1ccc(S(=O)(=O)N2CCN(C(=O)c3cn[nH]n3)CC2(C)C)cc1. The highest BCUT2D eigenvalue weighted by molar-refractivity contribution is 7.89. The maximum Gasteiger partial charge on any atom is 0.276 e. The molecule has 9 heteroatoms. The number of aromatic amines is 1. The topological polar surface area (TPSA) is 99.3 Å². The Bertz CT molecular complexity index is 860. The van der Waals surface area contributed by atoms with Crippen molar-refractivity contribution < 1.29 is 13.2 Å². The standard InChI is InChI=1S/C16H21N5O3S/c1-12-4-6-13(7-5-12)25(23,24)21-9-8-20(11-16(21,2)3)15(22)14-10-17-19-18-14/h4-7,10H,8-9,11H2,1-3H3,(H,17,18,19). The number of hydrogen-bond acceptors (Lipinski definition) is 5. The molecule has 1 N–H and O–H groups in total. The molecule has 0 aliphatic carbocycles. The first-order chi connectivity index (χ1) is 11.7. The van der Waals surface area contributed by atoms with Crippen LogP contribution in [0.5, 0.6) is 0 Å². The molecule has 1 amide bonds. The second-order valence-corrected chi connectivity index (χ2v) is 8.65. The molecule has 0 spiro atoms. The zero-order valence-electron chi connectivity index (χ0n) is 14.4. The number of nitrogens with zero attached hydrogens (tertiary/aromatic N) is 4. The van der Waals surface area contributed by atoms with Crippen molar-refractivity contribution in [1.82, 2.24) is 24.6 Å². The summed E-state index contributed by atoms with van der Waals surface area (Å²) in [5.41, 5.74) is 0.494. The minimum absolute atomic E-state index is 0.227. The Hall–Kier alpha value is -2.26. The van der Waals surface area contributed by atoms with Gasteiger partial charge in [0.05, 0.1) is 11.1 Å². The van der Waals surface area contributed by atoms with E-state index in [1.54, 1.807) is 29.2 Å². The monoisotopic (exact) mass is 363 g/mol. The molecule has 0 unspecified atom stereocenters. The van der Waals surface area contributed by atoms with Crippen molar-refractivity contribution in [1.29, 1.82) is 0 Å². The van der Waals surface area contributed by atoms with Gasteiger partial charge >= 0.3 is 0 Å². The van der Waals surface area contributed by atoms with Crippen LogP contribution in [0.25, 0.3) is 0 Å². The predicted molar refractivity (Wildman–Crippen MR) is 91.4 cm³/mol. The quantitative estimate of drug-likeness (QED) is 0.878. The largest absolute Gasteiger partial charge is 0.334 e. The number of nitrogens with one attached hydrogen (secondary N) is 1. The minimum atomic E-state index is -3.63. The van der Waals surface area contributed by atoms with Crippen molar-refractivity contribution in [3.63, 3.8) is 0 Å². The molecule has 2 aromatic rings. The van der Waals surface area contributed by atoms with Gasteiger partial charge in [0.15, 0.2) is 5.69 Å². The molecule has 0 radical (unpaired) electrons. The van der Waals surface area contributed by atoms with Crippen LogP contribution in [0.15, 0.2) is 35.4 Å². The maximum absolute atomic E-state index is 13.0. The third kappa shape index (κ3) is 3.29. The Balaban J connectivity index is 1.83. The molecule has 2 heterocycles.